The van der Waals surface area contributed by atoms with Crippen LogP contribution in [-0.2, 0) is 4.79 Å². The minimum Gasteiger partial charge on any atom is -0.211 e. The molecule has 0 aliphatic carbocycles. The van der Waals surface area contributed by atoms with Gasteiger partial charge in [0, 0.05) is 4.88 Å². The zero-order chi connectivity index (χ0) is 8.97. The fraction of sp³-hybridized carbons (Fsp3) is 0.250. The van der Waals surface area contributed by atoms with Crippen molar-refractivity contribution >= 4 is 17.4 Å². The first-order chi connectivity index (χ1) is 5.79. The molecule has 0 N–H and O–H groups in total. The van der Waals surface area contributed by atoms with E-state index in [2.05, 4.69) is 4.99 Å². The highest BCUT2D eigenvalue weighted by atomic mass is 32.1. The molecule has 0 fully saturated rings. The van der Waals surface area contributed by atoms with Crippen molar-refractivity contribution in [3.63, 3.8) is 0 Å². The summed E-state index contributed by atoms with van der Waals surface area (Å²) in [6.07, 6.45) is 1.39. The second-order valence-corrected chi connectivity index (χ2v) is 3.17. The van der Waals surface area contributed by atoms with Crippen molar-refractivity contribution < 1.29 is 4.79 Å². The molecule has 1 aromatic rings. The molecular formula is C8H6N2OS. The third kappa shape index (κ3) is 1.59. The van der Waals surface area contributed by atoms with Gasteiger partial charge in [0.05, 0.1) is 6.07 Å². The summed E-state index contributed by atoms with van der Waals surface area (Å²) in [6.45, 7) is 1.89. The molecule has 1 atom stereocenters. The molecule has 0 saturated carbocycles. The molecule has 0 radical (unpaired) electrons. The number of aryl methyl sites for hydroxylation is 1. The second-order valence-electron chi connectivity index (χ2n) is 2.22. The van der Waals surface area contributed by atoms with Crippen molar-refractivity contribution in [1.82, 2.24) is 0 Å². The number of hydrogen-bond acceptors (Lipinski definition) is 4. The Bertz CT molecular complexity index is 357. The molecular weight excluding hydrogens is 172 g/mol. The van der Waals surface area contributed by atoms with Crippen LogP contribution in [0, 0.1) is 18.3 Å². The summed E-state index contributed by atoms with van der Waals surface area (Å²) in [5.74, 6) is 0. The van der Waals surface area contributed by atoms with Gasteiger partial charge in [-0.15, -0.1) is 11.3 Å². The summed E-state index contributed by atoms with van der Waals surface area (Å²) in [6, 6.07) is 3.14. The van der Waals surface area contributed by atoms with E-state index in [1.165, 1.54) is 17.4 Å². The maximum absolute atomic E-state index is 9.94. The minimum atomic E-state index is -0.678. The van der Waals surface area contributed by atoms with Crippen molar-refractivity contribution in [2.24, 2.45) is 4.99 Å². The summed E-state index contributed by atoms with van der Waals surface area (Å²) < 4.78 is 0. The maximum Gasteiger partial charge on any atom is 0.236 e. The zero-order valence-electron chi connectivity index (χ0n) is 6.44. The topological polar surface area (TPSA) is 53.2 Å². The Hall–Kier alpha value is -1.43. The van der Waals surface area contributed by atoms with Crippen LogP contribution in [0.4, 0.5) is 0 Å². The molecule has 1 rings (SSSR count). The lowest BCUT2D eigenvalue weighted by atomic mass is 10.2. The van der Waals surface area contributed by atoms with Crippen LogP contribution in [0.2, 0.25) is 0 Å². The number of isocyanates is 1. The van der Waals surface area contributed by atoms with Gasteiger partial charge in [-0.1, -0.05) is 0 Å². The number of hydrogen-bond donors (Lipinski definition) is 0. The van der Waals surface area contributed by atoms with Crippen LogP contribution in [0.5, 0.6) is 0 Å². The first kappa shape index (κ1) is 8.66. The average Bonchev–Trinajstić information content (AvgIpc) is 2.47. The third-order valence-electron chi connectivity index (χ3n) is 1.45. The van der Waals surface area contributed by atoms with E-state index in [1.807, 2.05) is 24.4 Å². The van der Waals surface area contributed by atoms with Gasteiger partial charge in [-0.25, -0.2) is 4.79 Å². The third-order valence-corrected chi connectivity index (χ3v) is 2.53. The summed E-state index contributed by atoms with van der Waals surface area (Å²) in [4.78, 5) is 14.2. The Morgan fingerprint density at radius 1 is 1.75 bits per heavy atom. The summed E-state index contributed by atoms with van der Waals surface area (Å²) in [5, 5.41) is 10.5. The molecule has 0 bridgehead atoms. The Balaban J connectivity index is 3.04. The largest absolute Gasteiger partial charge is 0.236 e. The highest BCUT2D eigenvalue weighted by Crippen LogP contribution is 2.25. The number of thiophene rings is 1. The predicted molar refractivity (Wildman–Crippen MR) is 45.5 cm³/mol. The molecule has 1 aromatic heterocycles. The lowest BCUT2D eigenvalue weighted by Gasteiger charge is -1.97. The molecule has 4 heteroatoms. The first-order valence-electron chi connectivity index (χ1n) is 3.30. The Morgan fingerprint density at radius 3 is 2.92 bits per heavy atom. The average molecular weight is 178 g/mol. The monoisotopic (exact) mass is 178 g/mol. The fourth-order valence-corrected chi connectivity index (χ4v) is 1.77. The van der Waals surface area contributed by atoms with E-state index in [0.29, 0.717) is 0 Å². The van der Waals surface area contributed by atoms with Gasteiger partial charge in [0.1, 0.15) is 0 Å². The van der Waals surface area contributed by atoms with E-state index in [1.54, 1.807) is 0 Å². The normalized spacial score (nSPS) is 11.3. The van der Waals surface area contributed by atoms with E-state index >= 15 is 0 Å². The van der Waals surface area contributed by atoms with Gasteiger partial charge in [0.25, 0.3) is 0 Å². The minimum absolute atomic E-state index is 0.678. The van der Waals surface area contributed by atoms with Crippen LogP contribution < -0.4 is 0 Å². The Labute approximate surface area is 74.0 Å². The van der Waals surface area contributed by atoms with Gasteiger partial charge in [0.2, 0.25) is 6.08 Å². The summed E-state index contributed by atoms with van der Waals surface area (Å²) in [5.41, 5.74) is 0.991. The summed E-state index contributed by atoms with van der Waals surface area (Å²) in [7, 11) is 0. The molecule has 12 heavy (non-hydrogen) atoms. The van der Waals surface area contributed by atoms with Crippen LogP contribution >= 0.6 is 11.3 Å². The lowest BCUT2D eigenvalue weighted by Crippen LogP contribution is -1.89. The first-order valence-corrected chi connectivity index (χ1v) is 4.18. The SMILES string of the molecule is Cc1ccsc1C(C#N)N=C=O. The van der Waals surface area contributed by atoms with Crippen molar-refractivity contribution in [2.45, 2.75) is 13.0 Å². The van der Waals surface area contributed by atoms with Crippen LogP contribution in [0.15, 0.2) is 16.4 Å². The highest BCUT2D eigenvalue weighted by molar-refractivity contribution is 7.10. The van der Waals surface area contributed by atoms with Crippen LogP contribution in [0.1, 0.15) is 16.5 Å². The quantitative estimate of drug-likeness (QED) is 0.513. The molecule has 0 aromatic carbocycles. The van der Waals surface area contributed by atoms with Gasteiger partial charge < -0.3 is 0 Å². The molecule has 0 saturated heterocycles. The van der Waals surface area contributed by atoms with Crippen molar-refractivity contribution in [2.75, 3.05) is 0 Å². The smallest absolute Gasteiger partial charge is 0.211 e. The highest BCUT2D eigenvalue weighted by Gasteiger charge is 2.12. The van der Waals surface area contributed by atoms with Gasteiger partial charge in [-0.05, 0) is 23.9 Å². The van der Waals surface area contributed by atoms with Crippen LogP contribution in [0.3, 0.4) is 0 Å². The number of nitriles is 1. The van der Waals surface area contributed by atoms with E-state index < -0.39 is 6.04 Å². The van der Waals surface area contributed by atoms with Crippen molar-refractivity contribution in [1.29, 1.82) is 5.26 Å². The van der Waals surface area contributed by atoms with Crippen molar-refractivity contribution in [3.8, 4) is 6.07 Å². The lowest BCUT2D eigenvalue weighted by molar-refractivity contribution is 0.561. The Kier molecular flexibility index (Phi) is 2.76. The van der Waals surface area contributed by atoms with Gasteiger partial charge in [0.15, 0.2) is 6.04 Å². The zero-order valence-corrected chi connectivity index (χ0v) is 7.26. The fourth-order valence-electron chi connectivity index (χ4n) is 0.863. The van der Waals surface area contributed by atoms with Gasteiger partial charge in [-0.3, -0.25) is 0 Å². The number of carbonyl (C=O) groups excluding carboxylic acids is 1. The molecule has 60 valence electrons. The number of nitrogens with zero attached hydrogens (tertiary/aromatic N) is 2. The van der Waals surface area contributed by atoms with Crippen molar-refractivity contribution in [3.05, 3.63) is 21.9 Å². The van der Waals surface area contributed by atoms with E-state index in [4.69, 9.17) is 5.26 Å². The molecule has 0 aliphatic rings. The molecule has 1 heterocycles. The molecule has 3 nitrogen and oxygen atoms in total. The predicted octanol–water partition coefficient (Wildman–Crippen LogP) is 1.96. The van der Waals surface area contributed by atoms with Gasteiger partial charge in [-0.2, -0.15) is 10.3 Å². The molecule has 0 spiro atoms. The molecule has 0 amide bonds. The number of rotatable bonds is 2. The van der Waals surface area contributed by atoms with E-state index in [9.17, 15) is 4.79 Å². The van der Waals surface area contributed by atoms with E-state index in [0.717, 1.165) is 10.4 Å². The second kappa shape index (κ2) is 3.82. The maximum atomic E-state index is 9.94. The van der Waals surface area contributed by atoms with Gasteiger partial charge >= 0.3 is 0 Å². The van der Waals surface area contributed by atoms with E-state index in [-0.39, 0.29) is 0 Å². The standard InChI is InChI=1S/C8H6N2OS/c1-6-2-3-12-8(6)7(4-9)10-5-11/h2-3,7H,1H3. The molecule has 1 unspecified atom stereocenters. The molecule has 0 aliphatic heterocycles. The van der Waals surface area contributed by atoms with Crippen LogP contribution in [-0.4, -0.2) is 6.08 Å². The number of aliphatic imine (C=N–C) groups is 1. The van der Waals surface area contributed by atoms with Crippen LogP contribution in [0.25, 0.3) is 0 Å². The summed E-state index contributed by atoms with van der Waals surface area (Å²) >= 11 is 1.43. The Morgan fingerprint density at radius 2 is 2.50 bits per heavy atom.